The van der Waals surface area contributed by atoms with Crippen LogP contribution in [0.4, 0.5) is 0 Å². The number of benzene rings is 2. The van der Waals surface area contributed by atoms with Crippen LogP contribution in [-0.4, -0.2) is 36.1 Å². The standard InChI is InChI=1S/C21H21NO4S2/c1-14-19(16-8-6-5-7-9-16)22(15(2)23)20(24)21(14,3)28(25,26)18-12-10-17(27-4)11-13-18/h5-13H,1-4H3. The number of thioether (sulfide) groups is 1. The molecule has 0 fully saturated rings. The zero-order valence-corrected chi connectivity index (χ0v) is 17.7. The van der Waals surface area contributed by atoms with E-state index >= 15 is 0 Å². The van der Waals surface area contributed by atoms with Gasteiger partial charge >= 0.3 is 0 Å². The summed E-state index contributed by atoms with van der Waals surface area (Å²) >= 11 is 1.50. The van der Waals surface area contributed by atoms with E-state index in [-0.39, 0.29) is 4.90 Å². The summed E-state index contributed by atoms with van der Waals surface area (Å²) in [6, 6.07) is 15.3. The Hall–Kier alpha value is -2.38. The summed E-state index contributed by atoms with van der Waals surface area (Å²) in [7, 11) is -4.08. The van der Waals surface area contributed by atoms with Crippen molar-refractivity contribution in [2.75, 3.05) is 6.26 Å². The third kappa shape index (κ3) is 2.89. The van der Waals surface area contributed by atoms with E-state index in [1.807, 2.05) is 12.3 Å². The summed E-state index contributed by atoms with van der Waals surface area (Å²) in [5, 5.41) is 0. The second-order valence-corrected chi connectivity index (χ2v) is 9.89. The van der Waals surface area contributed by atoms with Crippen LogP contribution in [0.5, 0.6) is 0 Å². The van der Waals surface area contributed by atoms with Crippen molar-refractivity contribution >= 4 is 39.1 Å². The highest BCUT2D eigenvalue weighted by molar-refractivity contribution is 7.98. The normalized spacial score (nSPS) is 20.0. The van der Waals surface area contributed by atoms with E-state index in [1.54, 1.807) is 43.3 Å². The molecule has 1 aliphatic heterocycles. The number of amides is 2. The van der Waals surface area contributed by atoms with Gasteiger partial charge in [-0.15, -0.1) is 11.8 Å². The molecule has 2 aromatic rings. The topological polar surface area (TPSA) is 71.5 Å². The summed E-state index contributed by atoms with van der Waals surface area (Å²) < 4.78 is 25.2. The highest BCUT2D eigenvalue weighted by atomic mass is 32.2. The first-order chi connectivity index (χ1) is 13.2. The molecule has 0 radical (unpaired) electrons. The lowest BCUT2D eigenvalue weighted by molar-refractivity contribution is -0.138. The summed E-state index contributed by atoms with van der Waals surface area (Å²) in [6.45, 7) is 4.26. The Labute approximate surface area is 169 Å². The van der Waals surface area contributed by atoms with Crippen molar-refractivity contribution in [2.24, 2.45) is 0 Å². The lowest BCUT2D eigenvalue weighted by Gasteiger charge is -2.25. The Bertz CT molecular complexity index is 1070. The van der Waals surface area contributed by atoms with E-state index < -0.39 is 26.4 Å². The highest BCUT2D eigenvalue weighted by Crippen LogP contribution is 2.45. The maximum Gasteiger partial charge on any atom is 0.259 e. The number of carbonyl (C=O) groups is 2. The molecule has 0 saturated carbocycles. The van der Waals surface area contributed by atoms with Crippen molar-refractivity contribution in [3.8, 4) is 0 Å². The molecule has 2 aromatic carbocycles. The maximum atomic E-state index is 13.5. The number of imide groups is 1. The van der Waals surface area contributed by atoms with Gasteiger partial charge in [0.1, 0.15) is 0 Å². The monoisotopic (exact) mass is 415 g/mol. The van der Waals surface area contributed by atoms with E-state index in [0.717, 1.165) is 9.80 Å². The van der Waals surface area contributed by atoms with Crippen LogP contribution in [0.25, 0.3) is 5.70 Å². The molecular formula is C21H21NO4S2. The summed E-state index contributed by atoms with van der Waals surface area (Å²) in [4.78, 5) is 27.5. The molecule has 3 rings (SSSR count). The molecule has 7 heteroatoms. The number of sulfone groups is 1. The third-order valence-electron chi connectivity index (χ3n) is 5.17. The van der Waals surface area contributed by atoms with E-state index in [4.69, 9.17) is 0 Å². The minimum Gasteiger partial charge on any atom is -0.274 e. The van der Waals surface area contributed by atoms with Gasteiger partial charge in [0.05, 0.1) is 10.6 Å². The van der Waals surface area contributed by atoms with Crippen molar-refractivity contribution in [1.82, 2.24) is 4.90 Å². The zero-order valence-electron chi connectivity index (χ0n) is 16.1. The van der Waals surface area contributed by atoms with Crippen LogP contribution in [0.1, 0.15) is 26.3 Å². The number of hydrogen-bond donors (Lipinski definition) is 0. The summed E-state index contributed by atoms with van der Waals surface area (Å²) in [5.74, 6) is -1.26. The van der Waals surface area contributed by atoms with Crippen LogP contribution in [0.3, 0.4) is 0 Å². The number of nitrogens with zero attached hydrogens (tertiary/aromatic N) is 1. The van der Waals surface area contributed by atoms with Gasteiger partial charge in [0.25, 0.3) is 5.91 Å². The average molecular weight is 416 g/mol. The van der Waals surface area contributed by atoms with Crippen molar-refractivity contribution in [3.05, 3.63) is 65.7 Å². The quantitative estimate of drug-likeness (QED) is 0.711. The van der Waals surface area contributed by atoms with E-state index in [2.05, 4.69) is 0 Å². The van der Waals surface area contributed by atoms with Crippen LogP contribution in [0, 0.1) is 0 Å². The van der Waals surface area contributed by atoms with Crippen LogP contribution >= 0.6 is 11.8 Å². The van der Waals surface area contributed by atoms with Crippen molar-refractivity contribution < 1.29 is 18.0 Å². The molecule has 1 atom stereocenters. The maximum absolute atomic E-state index is 13.5. The molecule has 5 nitrogen and oxygen atoms in total. The molecular weight excluding hydrogens is 394 g/mol. The summed E-state index contributed by atoms with van der Waals surface area (Å²) in [6.07, 6.45) is 1.90. The van der Waals surface area contributed by atoms with Gasteiger partial charge in [-0.3, -0.25) is 9.59 Å². The van der Waals surface area contributed by atoms with Crippen molar-refractivity contribution in [2.45, 2.75) is 35.3 Å². The molecule has 146 valence electrons. The lowest BCUT2D eigenvalue weighted by Crippen LogP contribution is -2.47. The first-order valence-electron chi connectivity index (χ1n) is 8.67. The molecule has 0 aromatic heterocycles. The number of hydrogen-bond acceptors (Lipinski definition) is 5. The predicted octanol–water partition coefficient (Wildman–Crippen LogP) is 3.76. The van der Waals surface area contributed by atoms with Crippen LogP contribution < -0.4 is 0 Å². The van der Waals surface area contributed by atoms with Gasteiger partial charge in [-0.25, -0.2) is 13.3 Å². The fourth-order valence-electron chi connectivity index (χ4n) is 3.42. The molecule has 1 aliphatic rings. The molecule has 0 bridgehead atoms. The molecule has 1 heterocycles. The predicted molar refractivity (Wildman–Crippen MR) is 110 cm³/mol. The van der Waals surface area contributed by atoms with Gasteiger partial charge in [0.2, 0.25) is 5.91 Å². The van der Waals surface area contributed by atoms with Crippen LogP contribution in [0.15, 0.2) is 70.0 Å². The Balaban J connectivity index is 2.24. The van der Waals surface area contributed by atoms with Crippen molar-refractivity contribution in [3.63, 3.8) is 0 Å². The summed E-state index contributed by atoms with van der Waals surface area (Å²) in [5.41, 5.74) is 1.30. The first kappa shape index (κ1) is 20.4. The first-order valence-corrected chi connectivity index (χ1v) is 11.4. The smallest absolute Gasteiger partial charge is 0.259 e. The van der Waals surface area contributed by atoms with Gasteiger partial charge in [-0.05, 0) is 55.5 Å². The Morgan fingerprint density at radius 3 is 2.11 bits per heavy atom. The van der Waals surface area contributed by atoms with Crippen molar-refractivity contribution in [1.29, 1.82) is 0 Å². The van der Waals surface area contributed by atoms with Crippen LogP contribution in [-0.2, 0) is 19.4 Å². The Kier molecular flexibility index (Phi) is 5.25. The van der Waals surface area contributed by atoms with Crippen LogP contribution in [0.2, 0.25) is 0 Å². The SMILES string of the molecule is CSc1ccc(S(=O)(=O)C2(C)C(=O)N(C(C)=O)C(c3ccccc3)=C2C)cc1. The average Bonchev–Trinajstić information content (AvgIpc) is 2.91. The van der Waals surface area contributed by atoms with Gasteiger partial charge in [-0.1, -0.05) is 30.3 Å². The number of rotatable bonds is 4. The molecule has 0 N–H and O–H groups in total. The van der Waals surface area contributed by atoms with Gasteiger partial charge in [0, 0.05) is 11.8 Å². The minimum absolute atomic E-state index is 0.0540. The second kappa shape index (κ2) is 7.22. The molecule has 28 heavy (non-hydrogen) atoms. The molecule has 0 spiro atoms. The number of carbonyl (C=O) groups excluding carboxylic acids is 2. The van der Waals surface area contributed by atoms with Gasteiger partial charge < -0.3 is 0 Å². The highest BCUT2D eigenvalue weighted by Gasteiger charge is 2.58. The van der Waals surface area contributed by atoms with E-state index in [9.17, 15) is 18.0 Å². The zero-order chi connectivity index (χ0) is 20.7. The fourth-order valence-corrected chi connectivity index (χ4v) is 5.61. The van der Waals surface area contributed by atoms with Gasteiger partial charge in [-0.2, -0.15) is 0 Å². The van der Waals surface area contributed by atoms with E-state index in [1.165, 1.54) is 37.7 Å². The minimum atomic E-state index is -4.08. The lowest BCUT2D eigenvalue weighted by atomic mass is 10.0. The second-order valence-electron chi connectivity index (χ2n) is 6.71. The molecule has 0 saturated heterocycles. The fraction of sp³-hybridized carbons (Fsp3) is 0.238. The van der Waals surface area contributed by atoms with Gasteiger partial charge in [0.15, 0.2) is 14.6 Å². The third-order valence-corrected chi connectivity index (χ3v) is 8.37. The Morgan fingerprint density at radius 1 is 1.04 bits per heavy atom. The van der Waals surface area contributed by atoms with E-state index in [0.29, 0.717) is 16.8 Å². The molecule has 0 aliphatic carbocycles. The Morgan fingerprint density at radius 2 is 1.61 bits per heavy atom. The molecule has 1 unspecified atom stereocenters. The molecule has 2 amide bonds. The largest absolute Gasteiger partial charge is 0.274 e.